The molecule has 0 N–H and O–H groups in total. The van der Waals surface area contributed by atoms with Crippen molar-refractivity contribution in [2.45, 2.75) is 33.3 Å². The number of likely N-dealkylation sites (tertiary alicyclic amines) is 1. The summed E-state index contributed by atoms with van der Waals surface area (Å²) in [6.45, 7) is 5.22. The van der Waals surface area contributed by atoms with E-state index in [4.69, 9.17) is 9.26 Å². The van der Waals surface area contributed by atoms with Crippen molar-refractivity contribution in [3.8, 4) is 5.75 Å². The van der Waals surface area contributed by atoms with Gasteiger partial charge in [0, 0.05) is 30.1 Å². The van der Waals surface area contributed by atoms with Crippen molar-refractivity contribution in [2.75, 3.05) is 13.1 Å². The maximum absolute atomic E-state index is 13.0. The van der Waals surface area contributed by atoms with Gasteiger partial charge in [0.15, 0.2) is 5.78 Å². The predicted molar refractivity (Wildman–Crippen MR) is 116 cm³/mol. The van der Waals surface area contributed by atoms with E-state index in [1.807, 2.05) is 61.2 Å². The topological polar surface area (TPSA) is 72.6 Å². The van der Waals surface area contributed by atoms with Crippen LogP contribution in [0.1, 0.15) is 50.6 Å². The van der Waals surface area contributed by atoms with Crippen LogP contribution in [-0.2, 0) is 6.61 Å². The van der Waals surface area contributed by atoms with Gasteiger partial charge < -0.3 is 14.2 Å². The van der Waals surface area contributed by atoms with E-state index in [-0.39, 0.29) is 17.6 Å². The molecule has 4 rings (SSSR count). The largest absolute Gasteiger partial charge is 0.489 e. The number of aromatic nitrogens is 1. The molecular weight excluding hydrogens is 392 g/mol. The molecule has 2 heterocycles. The van der Waals surface area contributed by atoms with Crippen LogP contribution in [0.5, 0.6) is 5.75 Å². The zero-order valence-electron chi connectivity index (χ0n) is 17.8. The summed E-state index contributed by atoms with van der Waals surface area (Å²) in [5, 5.41) is 3.93. The molecule has 0 saturated carbocycles. The van der Waals surface area contributed by atoms with Gasteiger partial charge in [0.25, 0.3) is 5.91 Å². The molecule has 31 heavy (non-hydrogen) atoms. The van der Waals surface area contributed by atoms with Crippen molar-refractivity contribution in [3.63, 3.8) is 0 Å². The van der Waals surface area contributed by atoms with E-state index in [0.29, 0.717) is 43.9 Å². The SMILES string of the molecule is Cc1noc(C)c1COc1cccc(C(=O)N2CCC(C(=O)c3ccccc3)CC2)c1. The number of hydrogen-bond donors (Lipinski definition) is 0. The molecule has 1 aliphatic heterocycles. The Morgan fingerprint density at radius 3 is 2.42 bits per heavy atom. The third kappa shape index (κ3) is 4.68. The van der Waals surface area contributed by atoms with E-state index in [1.54, 1.807) is 12.1 Å². The van der Waals surface area contributed by atoms with E-state index in [1.165, 1.54) is 0 Å². The molecule has 1 fully saturated rings. The zero-order valence-corrected chi connectivity index (χ0v) is 17.8. The fraction of sp³-hybridized carbons (Fsp3) is 0.320. The lowest BCUT2D eigenvalue weighted by molar-refractivity contribution is 0.0650. The molecule has 160 valence electrons. The first-order chi connectivity index (χ1) is 15.0. The van der Waals surface area contributed by atoms with Crippen LogP contribution in [0.2, 0.25) is 0 Å². The minimum absolute atomic E-state index is 0.0313. The molecule has 1 aromatic heterocycles. The van der Waals surface area contributed by atoms with Crippen molar-refractivity contribution in [1.29, 1.82) is 0 Å². The molecule has 0 radical (unpaired) electrons. The molecule has 1 saturated heterocycles. The summed E-state index contributed by atoms with van der Waals surface area (Å²) < 4.78 is 11.0. The number of nitrogens with zero attached hydrogens (tertiary/aromatic N) is 2. The Morgan fingerprint density at radius 1 is 1.03 bits per heavy atom. The quantitative estimate of drug-likeness (QED) is 0.547. The second-order valence-corrected chi connectivity index (χ2v) is 7.92. The van der Waals surface area contributed by atoms with E-state index in [9.17, 15) is 9.59 Å². The number of aryl methyl sites for hydroxylation is 2. The molecule has 0 bridgehead atoms. The monoisotopic (exact) mass is 418 g/mol. The lowest BCUT2D eigenvalue weighted by Crippen LogP contribution is -2.40. The van der Waals surface area contributed by atoms with Gasteiger partial charge in [-0.05, 0) is 44.9 Å². The van der Waals surface area contributed by atoms with Crippen molar-refractivity contribution in [3.05, 3.63) is 82.7 Å². The summed E-state index contributed by atoms with van der Waals surface area (Å²) in [5.74, 6) is 1.46. The Kier molecular flexibility index (Phi) is 6.16. The number of carbonyl (C=O) groups is 2. The maximum Gasteiger partial charge on any atom is 0.253 e. The number of Topliss-reactive ketones (excluding diaryl/α,β-unsaturated/α-hetero) is 1. The highest BCUT2D eigenvalue weighted by molar-refractivity contribution is 5.98. The van der Waals surface area contributed by atoms with Crippen molar-refractivity contribution in [2.24, 2.45) is 5.92 Å². The van der Waals surface area contributed by atoms with Crippen LogP contribution in [0.15, 0.2) is 59.1 Å². The first-order valence-electron chi connectivity index (χ1n) is 10.6. The van der Waals surface area contributed by atoms with Gasteiger partial charge in [0.2, 0.25) is 0 Å². The van der Waals surface area contributed by atoms with Gasteiger partial charge in [-0.25, -0.2) is 0 Å². The van der Waals surface area contributed by atoms with Crippen molar-refractivity contribution in [1.82, 2.24) is 10.1 Å². The highest BCUT2D eigenvalue weighted by atomic mass is 16.5. The summed E-state index contributed by atoms with van der Waals surface area (Å²) in [4.78, 5) is 27.5. The minimum Gasteiger partial charge on any atom is -0.489 e. The normalized spacial score (nSPS) is 14.5. The molecule has 3 aromatic rings. The Labute approximate surface area is 181 Å². The minimum atomic E-state index is -0.0339. The molecule has 0 atom stereocenters. The van der Waals surface area contributed by atoms with Crippen LogP contribution in [-0.4, -0.2) is 34.8 Å². The predicted octanol–water partition coefficient (Wildman–Crippen LogP) is 4.61. The highest BCUT2D eigenvalue weighted by Gasteiger charge is 2.28. The van der Waals surface area contributed by atoms with Gasteiger partial charge in [0.1, 0.15) is 18.1 Å². The van der Waals surface area contributed by atoms with Crippen LogP contribution in [0, 0.1) is 19.8 Å². The van der Waals surface area contributed by atoms with Crippen LogP contribution in [0.25, 0.3) is 0 Å². The Morgan fingerprint density at radius 2 is 1.74 bits per heavy atom. The number of benzene rings is 2. The average molecular weight is 418 g/mol. The number of hydrogen-bond acceptors (Lipinski definition) is 5. The number of rotatable bonds is 6. The van der Waals surface area contributed by atoms with Crippen LogP contribution in [0.4, 0.5) is 0 Å². The summed E-state index contributed by atoms with van der Waals surface area (Å²) in [7, 11) is 0. The molecule has 6 heteroatoms. The van der Waals surface area contributed by atoms with E-state index in [0.717, 1.165) is 22.6 Å². The number of carbonyl (C=O) groups excluding carboxylic acids is 2. The van der Waals surface area contributed by atoms with Crippen molar-refractivity contribution >= 4 is 11.7 Å². The Balaban J connectivity index is 1.36. The summed E-state index contributed by atoms with van der Waals surface area (Å²) >= 11 is 0. The molecule has 0 unspecified atom stereocenters. The molecule has 0 spiro atoms. The van der Waals surface area contributed by atoms with Gasteiger partial charge in [0.05, 0.1) is 11.3 Å². The highest BCUT2D eigenvalue weighted by Crippen LogP contribution is 2.24. The summed E-state index contributed by atoms with van der Waals surface area (Å²) in [5.41, 5.74) is 3.05. The van der Waals surface area contributed by atoms with E-state index < -0.39 is 0 Å². The Bertz CT molecular complexity index is 1050. The fourth-order valence-electron chi connectivity index (χ4n) is 3.95. The van der Waals surface area contributed by atoms with Gasteiger partial charge in [-0.2, -0.15) is 0 Å². The van der Waals surface area contributed by atoms with Gasteiger partial charge >= 0.3 is 0 Å². The maximum atomic E-state index is 13.0. The third-order valence-electron chi connectivity index (χ3n) is 5.86. The lowest BCUT2D eigenvalue weighted by Gasteiger charge is -2.31. The van der Waals surface area contributed by atoms with E-state index in [2.05, 4.69) is 5.16 Å². The van der Waals surface area contributed by atoms with Crippen LogP contribution >= 0.6 is 0 Å². The van der Waals surface area contributed by atoms with E-state index >= 15 is 0 Å². The standard InChI is InChI=1S/C25H26N2O4/c1-17-23(18(2)31-26-17)16-30-22-10-6-9-21(15-22)25(29)27-13-11-20(12-14-27)24(28)19-7-4-3-5-8-19/h3-10,15,20H,11-14,16H2,1-2H3. The lowest BCUT2D eigenvalue weighted by atomic mass is 9.88. The number of ketones is 1. The smallest absolute Gasteiger partial charge is 0.253 e. The summed E-state index contributed by atoms with van der Waals surface area (Å²) in [6.07, 6.45) is 1.36. The molecule has 6 nitrogen and oxygen atoms in total. The molecular formula is C25H26N2O4. The molecule has 0 aliphatic carbocycles. The first kappa shape index (κ1) is 20.8. The van der Waals surface area contributed by atoms with Gasteiger partial charge in [-0.3, -0.25) is 9.59 Å². The zero-order chi connectivity index (χ0) is 21.8. The fourth-order valence-corrected chi connectivity index (χ4v) is 3.95. The Hall–Kier alpha value is -3.41. The second-order valence-electron chi connectivity index (χ2n) is 7.92. The van der Waals surface area contributed by atoms with Crippen LogP contribution in [0.3, 0.4) is 0 Å². The van der Waals surface area contributed by atoms with Crippen LogP contribution < -0.4 is 4.74 Å². The molecule has 1 amide bonds. The number of amides is 1. The summed E-state index contributed by atoms with van der Waals surface area (Å²) in [6, 6.07) is 16.6. The van der Waals surface area contributed by atoms with Gasteiger partial charge in [-0.1, -0.05) is 41.6 Å². The molecule has 2 aromatic carbocycles. The van der Waals surface area contributed by atoms with Crippen molar-refractivity contribution < 1.29 is 18.8 Å². The first-order valence-corrected chi connectivity index (χ1v) is 10.6. The number of ether oxygens (including phenoxy) is 1. The van der Waals surface area contributed by atoms with Gasteiger partial charge in [-0.15, -0.1) is 0 Å². The second kappa shape index (κ2) is 9.16. The average Bonchev–Trinajstić information content (AvgIpc) is 3.14. The number of piperidine rings is 1. The molecule has 1 aliphatic rings. The third-order valence-corrected chi connectivity index (χ3v) is 5.86.